The van der Waals surface area contributed by atoms with Gasteiger partial charge in [-0.2, -0.15) is 19.6 Å². The van der Waals surface area contributed by atoms with Crippen LogP contribution < -0.4 is 27.4 Å². The van der Waals surface area contributed by atoms with E-state index in [2.05, 4.69) is 26.1 Å². The number of amides is 1. The average Bonchev–Trinajstić information content (AvgIpc) is 3.65. The third-order valence-electron chi connectivity index (χ3n) is 10.6. The van der Waals surface area contributed by atoms with Gasteiger partial charge in [0.15, 0.2) is 0 Å². The number of nitrogen functional groups attached to an aromatic ring is 2. The first-order valence-electron chi connectivity index (χ1n) is 18.7. The summed E-state index contributed by atoms with van der Waals surface area (Å²) in [5, 5.41) is 18.7. The van der Waals surface area contributed by atoms with E-state index in [4.69, 9.17) is 16.2 Å². The Morgan fingerprint density at radius 1 is 0.782 bits per heavy atom. The molecule has 4 aliphatic rings. The lowest BCUT2D eigenvalue weighted by Crippen LogP contribution is -2.39. The number of rotatable bonds is 2. The van der Waals surface area contributed by atoms with Gasteiger partial charge in [0.2, 0.25) is 0 Å². The number of halogens is 2. The number of aromatic nitrogens is 4. The molecule has 0 saturated heterocycles. The highest BCUT2D eigenvalue weighted by Gasteiger charge is 2.35. The Morgan fingerprint density at radius 2 is 1.29 bits per heavy atom. The van der Waals surface area contributed by atoms with Gasteiger partial charge in [-0.05, 0) is 94.0 Å². The van der Waals surface area contributed by atoms with Gasteiger partial charge in [0.25, 0.3) is 11.8 Å². The number of carbonyl (C=O) groups is 3. The third kappa shape index (κ3) is 7.34. The summed E-state index contributed by atoms with van der Waals surface area (Å²) in [7, 11) is 0. The minimum Gasteiger partial charge on any atom is -0.444 e. The molecule has 7 N–H and O–H groups in total. The minimum atomic E-state index is -0.598. The number of ether oxygens (including phenoxy) is 1. The molecule has 0 spiro atoms. The van der Waals surface area contributed by atoms with Crippen molar-refractivity contribution in [3.05, 3.63) is 80.7 Å². The van der Waals surface area contributed by atoms with Gasteiger partial charge >= 0.3 is 6.09 Å². The van der Waals surface area contributed by atoms with Crippen LogP contribution in [-0.2, 0) is 30.7 Å². The van der Waals surface area contributed by atoms with E-state index in [1.54, 1.807) is 4.90 Å². The maximum atomic E-state index is 14.1. The molecule has 8 rings (SSSR count). The van der Waals surface area contributed by atoms with Gasteiger partial charge in [0.05, 0.1) is 29.8 Å². The summed E-state index contributed by atoms with van der Waals surface area (Å²) in [6.07, 6.45) is 1.93. The molecule has 1 amide bonds. The van der Waals surface area contributed by atoms with Crippen LogP contribution in [0.15, 0.2) is 24.3 Å². The second kappa shape index (κ2) is 14.6. The number of hydrogen-bond acceptors (Lipinski definition) is 11. The van der Waals surface area contributed by atoms with Crippen molar-refractivity contribution in [1.29, 1.82) is 0 Å². The van der Waals surface area contributed by atoms with Gasteiger partial charge in [-0.15, -0.1) is 0 Å². The molecule has 0 radical (unpaired) electrons. The van der Waals surface area contributed by atoms with Crippen LogP contribution in [0.1, 0.15) is 99.8 Å². The summed E-state index contributed by atoms with van der Waals surface area (Å²) in [6, 6.07) is 5.77. The zero-order valence-electron chi connectivity index (χ0n) is 31.8. The predicted octanol–water partition coefficient (Wildman–Crippen LogP) is 5.24. The summed E-state index contributed by atoms with van der Waals surface area (Å²) < 4.78 is 35.9. The SMILES string of the molecule is Cc1cc(F)cc2c1NCCC2C(=O)n1nc2c(c1N)CN(C(=O)OC(C)(C)C)CC2.Cc1cc(F)cc2c1NCCC2C(=O)n1nc2c(c1N)CNCC2. The molecule has 2 unspecified atom stereocenters. The molecule has 292 valence electrons. The lowest BCUT2D eigenvalue weighted by atomic mass is 9.88. The molecule has 0 bridgehead atoms. The maximum Gasteiger partial charge on any atom is 0.410 e. The average molecular weight is 759 g/mol. The lowest BCUT2D eigenvalue weighted by Gasteiger charge is -2.29. The highest BCUT2D eigenvalue weighted by molar-refractivity contribution is 5.91. The summed E-state index contributed by atoms with van der Waals surface area (Å²) in [5.41, 5.74) is 19.5. The molecule has 6 heterocycles. The molecular weight excluding hydrogens is 710 g/mol. The van der Waals surface area contributed by atoms with Crippen molar-refractivity contribution >= 4 is 40.9 Å². The van der Waals surface area contributed by atoms with Gasteiger partial charge < -0.3 is 37.1 Å². The Kier molecular flexibility index (Phi) is 10.0. The molecule has 4 aliphatic heterocycles. The van der Waals surface area contributed by atoms with Crippen LogP contribution in [0.5, 0.6) is 0 Å². The van der Waals surface area contributed by atoms with E-state index in [1.165, 1.54) is 33.6 Å². The Hall–Kier alpha value is -5.51. The highest BCUT2D eigenvalue weighted by Crippen LogP contribution is 2.38. The fourth-order valence-electron chi connectivity index (χ4n) is 7.91. The first-order chi connectivity index (χ1) is 26.1. The van der Waals surface area contributed by atoms with E-state index in [0.717, 1.165) is 46.7 Å². The van der Waals surface area contributed by atoms with Crippen LogP contribution in [0.25, 0.3) is 0 Å². The number of nitrogens with two attached hydrogens (primary N) is 2. The molecule has 16 heteroatoms. The molecular formula is C39H48F2N10O4. The van der Waals surface area contributed by atoms with Gasteiger partial charge in [-0.3, -0.25) is 9.59 Å². The minimum absolute atomic E-state index is 0.186. The molecule has 2 aromatic carbocycles. The number of nitrogens with one attached hydrogen (secondary N) is 3. The first kappa shape index (κ1) is 37.8. The summed E-state index contributed by atoms with van der Waals surface area (Å²) >= 11 is 0. The summed E-state index contributed by atoms with van der Waals surface area (Å²) in [4.78, 5) is 40.5. The maximum absolute atomic E-state index is 14.1. The molecule has 0 aliphatic carbocycles. The van der Waals surface area contributed by atoms with Crippen molar-refractivity contribution in [1.82, 2.24) is 29.8 Å². The zero-order chi connectivity index (χ0) is 39.3. The summed E-state index contributed by atoms with van der Waals surface area (Å²) in [5.74, 6) is -1.54. The van der Waals surface area contributed by atoms with Crippen molar-refractivity contribution in [3.8, 4) is 0 Å². The number of aryl methyl sites for hydroxylation is 2. The van der Waals surface area contributed by atoms with Crippen molar-refractivity contribution in [2.24, 2.45) is 0 Å². The standard InChI is InChI=1S/C22H28FN5O3.C17H20FN5O/c1-12-9-13(23)10-15-14(5-7-25-18(12)15)20(29)28-19(24)16-11-27(8-6-17(16)26-28)21(30)31-22(2,3)4;1-9-6-10(18)7-12-11(2-5-21-15(9)12)17(24)23-16(19)13-8-20-4-3-14(13)22-23/h9-10,14,25H,5-8,11,24H2,1-4H3;6-7,11,20-21H,2-5,8,19H2,1H3. The lowest BCUT2D eigenvalue weighted by molar-refractivity contribution is 0.0223. The largest absolute Gasteiger partial charge is 0.444 e. The van der Waals surface area contributed by atoms with Crippen molar-refractivity contribution in [2.75, 3.05) is 48.3 Å². The number of hydrogen-bond donors (Lipinski definition) is 5. The molecule has 0 fully saturated rings. The van der Waals surface area contributed by atoms with E-state index < -0.39 is 23.5 Å². The Labute approximate surface area is 317 Å². The topological polar surface area (TPSA) is 187 Å². The van der Waals surface area contributed by atoms with Crippen molar-refractivity contribution in [2.45, 2.75) is 90.8 Å². The van der Waals surface area contributed by atoms with Crippen LogP contribution in [0, 0.1) is 25.5 Å². The van der Waals surface area contributed by atoms with Gasteiger partial charge in [-0.1, -0.05) is 0 Å². The number of anilines is 4. The Morgan fingerprint density at radius 3 is 1.80 bits per heavy atom. The number of fused-ring (bicyclic) bond motifs is 4. The number of benzene rings is 2. The molecule has 55 heavy (non-hydrogen) atoms. The van der Waals surface area contributed by atoms with Crippen molar-refractivity contribution < 1.29 is 27.9 Å². The van der Waals surface area contributed by atoms with E-state index in [1.807, 2.05) is 34.6 Å². The van der Waals surface area contributed by atoms with Crippen LogP contribution in [-0.4, -0.2) is 74.1 Å². The monoisotopic (exact) mass is 758 g/mol. The molecule has 4 aromatic rings. The van der Waals surface area contributed by atoms with E-state index >= 15 is 0 Å². The molecule has 0 saturated carbocycles. The normalized spacial score (nSPS) is 18.6. The van der Waals surface area contributed by atoms with Crippen LogP contribution >= 0.6 is 0 Å². The molecule has 14 nitrogen and oxygen atoms in total. The third-order valence-corrected chi connectivity index (χ3v) is 10.6. The van der Waals surface area contributed by atoms with Gasteiger partial charge in [0.1, 0.15) is 28.9 Å². The second-order valence-corrected chi connectivity index (χ2v) is 15.6. The fourth-order valence-corrected chi connectivity index (χ4v) is 7.91. The van der Waals surface area contributed by atoms with E-state index in [0.29, 0.717) is 73.6 Å². The van der Waals surface area contributed by atoms with E-state index in [9.17, 15) is 23.2 Å². The number of carbonyl (C=O) groups excluding carboxylic acids is 3. The van der Waals surface area contributed by atoms with Gasteiger partial charge in [-0.25, -0.2) is 13.6 Å². The fraction of sp³-hybridized carbons (Fsp3) is 0.462. The van der Waals surface area contributed by atoms with Crippen LogP contribution in [0.2, 0.25) is 0 Å². The van der Waals surface area contributed by atoms with Gasteiger partial charge in [0, 0.05) is 68.1 Å². The Bertz CT molecular complexity index is 2190. The number of nitrogens with zero attached hydrogens (tertiary/aromatic N) is 5. The Balaban J connectivity index is 0.000000174. The van der Waals surface area contributed by atoms with Crippen LogP contribution in [0.4, 0.5) is 36.6 Å². The summed E-state index contributed by atoms with van der Waals surface area (Å²) in [6.45, 7) is 12.5. The van der Waals surface area contributed by atoms with Crippen LogP contribution in [0.3, 0.4) is 0 Å². The second-order valence-electron chi connectivity index (χ2n) is 15.6. The first-order valence-corrected chi connectivity index (χ1v) is 18.7. The van der Waals surface area contributed by atoms with E-state index in [-0.39, 0.29) is 35.8 Å². The predicted molar refractivity (Wildman–Crippen MR) is 204 cm³/mol. The molecule has 2 aromatic heterocycles. The van der Waals surface area contributed by atoms with Crippen molar-refractivity contribution in [3.63, 3.8) is 0 Å². The zero-order valence-corrected chi connectivity index (χ0v) is 31.8. The highest BCUT2D eigenvalue weighted by atomic mass is 19.1. The molecule has 2 atom stereocenters. The quantitative estimate of drug-likeness (QED) is 0.180. The smallest absolute Gasteiger partial charge is 0.410 e.